The highest BCUT2D eigenvalue weighted by Crippen LogP contribution is 2.39. The molecule has 3 heterocycles. The molecule has 0 unspecified atom stereocenters. The van der Waals surface area contributed by atoms with E-state index < -0.39 is 0 Å². The zero-order valence-electron chi connectivity index (χ0n) is 15.0. The maximum absolute atomic E-state index is 5.63. The number of nitrogens with zero attached hydrogens (tertiary/aromatic N) is 3. The molecule has 132 valence electrons. The van der Waals surface area contributed by atoms with Gasteiger partial charge in [0.25, 0.3) is 0 Å². The first kappa shape index (κ1) is 16.8. The molecule has 1 saturated heterocycles. The third-order valence-electron chi connectivity index (χ3n) is 4.90. The van der Waals surface area contributed by atoms with Gasteiger partial charge in [-0.05, 0) is 68.0 Å². The minimum atomic E-state index is 0.0297. The van der Waals surface area contributed by atoms with Gasteiger partial charge in [0.1, 0.15) is 0 Å². The fourth-order valence-electron chi connectivity index (χ4n) is 3.72. The van der Waals surface area contributed by atoms with Crippen molar-refractivity contribution >= 4 is 17.3 Å². The van der Waals surface area contributed by atoms with Crippen LogP contribution in [-0.4, -0.2) is 26.1 Å². The van der Waals surface area contributed by atoms with Crippen molar-refractivity contribution < 1.29 is 0 Å². The fourth-order valence-corrected chi connectivity index (χ4v) is 4.09. The Kier molecular flexibility index (Phi) is 4.47. The Morgan fingerprint density at radius 3 is 2.73 bits per heavy atom. The molecule has 1 aliphatic heterocycles. The topological polar surface area (TPSA) is 33.1 Å². The summed E-state index contributed by atoms with van der Waals surface area (Å²) in [5.74, 6) is 0. The lowest BCUT2D eigenvalue weighted by Crippen LogP contribution is -2.30. The fraction of sp³-hybridized carbons (Fsp3) is 0.238. The van der Waals surface area contributed by atoms with Crippen LogP contribution in [0.15, 0.2) is 67.0 Å². The molecule has 5 heteroatoms. The minimum Gasteiger partial charge on any atom is -0.352 e. The van der Waals surface area contributed by atoms with Gasteiger partial charge in [-0.25, -0.2) is 0 Å². The SMILES string of the molecule is CCN1C(=S)N[C@@H](c2ccccn2)[C@@H]1c1cccn1-c1cccc(C)c1. The Balaban J connectivity index is 1.82. The van der Waals surface area contributed by atoms with Crippen LogP contribution in [0.2, 0.25) is 0 Å². The Morgan fingerprint density at radius 2 is 2.00 bits per heavy atom. The summed E-state index contributed by atoms with van der Waals surface area (Å²) in [5.41, 5.74) is 4.63. The van der Waals surface area contributed by atoms with Crippen LogP contribution in [0.3, 0.4) is 0 Å². The predicted molar refractivity (Wildman–Crippen MR) is 108 cm³/mol. The largest absolute Gasteiger partial charge is 0.352 e. The summed E-state index contributed by atoms with van der Waals surface area (Å²) in [5, 5.41) is 4.26. The van der Waals surface area contributed by atoms with Gasteiger partial charge in [0.15, 0.2) is 5.11 Å². The van der Waals surface area contributed by atoms with Crippen molar-refractivity contribution in [1.82, 2.24) is 19.8 Å². The second-order valence-corrected chi connectivity index (χ2v) is 6.94. The van der Waals surface area contributed by atoms with Crippen LogP contribution in [-0.2, 0) is 0 Å². The Labute approximate surface area is 159 Å². The normalized spacial score (nSPS) is 19.6. The first-order chi connectivity index (χ1) is 12.7. The van der Waals surface area contributed by atoms with Gasteiger partial charge in [-0.1, -0.05) is 18.2 Å². The Bertz CT molecular complexity index is 919. The molecule has 1 N–H and O–H groups in total. The Hall–Kier alpha value is -2.66. The summed E-state index contributed by atoms with van der Waals surface area (Å²) in [6.07, 6.45) is 3.96. The molecule has 1 aliphatic rings. The number of thiocarbonyl (C=S) groups is 1. The zero-order chi connectivity index (χ0) is 18.1. The van der Waals surface area contributed by atoms with E-state index in [1.807, 2.05) is 18.3 Å². The highest BCUT2D eigenvalue weighted by atomic mass is 32.1. The van der Waals surface area contributed by atoms with Crippen molar-refractivity contribution in [3.05, 3.63) is 83.9 Å². The average Bonchev–Trinajstić information content (AvgIpc) is 3.26. The van der Waals surface area contributed by atoms with E-state index >= 15 is 0 Å². The lowest BCUT2D eigenvalue weighted by Gasteiger charge is -2.28. The first-order valence-electron chi connectivity index (χ1n) is 8.91. The van der Waals surface area contributed by atoms with Gasteiger partial charge in [-0.2, -0.15) is 0 Å². The molecule has 0 bridgehead atoms. The maximum atomic E-state index is 5.63. The van der Waals surface area contributed by atoms with E-state index in [4.69, 9.17) is 12.2 Å². The summed E-state index contributed by atoms with van der Waals surface area (Å²) >= 11 is 5.63. The smallest absolute Gasteiger partial charge is 0.170 e. The number of aromatic nitrogens is 2. The monoisotopic (exact) mass is 362 g/mol. The van der Waals surface area contributed by atoms with E-state index in [1.165, 1.54) is 16.9 Å². The average molecular weight is 363 g/mol. The maximum Gasteiger partial charge on any atom is 0.170 e. The number of pyridine rings is 1. The summed E-state index contributed by atoms with van der Waals surface area (Å²) in [6, 6.07) is 19.0. The van der Waals surface area contributed by atoms with Gasteiger partial charge in [0.05, 0.1) is 17.8 Å². The predicted octanol–water partition coefficient (Wildman–Crippen LogP) is 4.17. The van der Waals surface area contributed by atoms with Crippen molar-refractivity contribution in [2.24, 2.45) is 0 Å². The van der Waals surface area contributed by atoms with Gasteiger partial charge in [0, 0.05) is 30.3 Å². The van der Waals surface area contributed by atoms with E-state index in [0.717, 1.165) is 17.4 Å². The summed E-state index contributed by atoms with van der Waals surface area (Å²) in [6.45, 7) is 5.11. The molecule has 4 nitrogen and oxygen atoms in total. The molecule has 4 rings (SSSR count). The van der Waals surface area contributed by atoms with Crippen LogP contribution in [0, 0.1) is 6.92 Å². The molecule has 2 atom stereocenters. The van der Waals surface area contributed by atoms with Crippen LogP contribution in [0.4, 0.5) is 0 Å². The van der Waals surface area contributed by atoms with E-state index in [-0.39, 0.29) is 12.1 Å². The molecular formula is C21H22N4S. The number of nitrogens with one attached hydrogen (secondary N) is 1. The van der Waals surface area contributed by atoms with Crippen LogP contribution in [0.5, 0.6) is 0 Å². The Morgan fingerprint density at radius 1 is 1.12 bits per heavy atom. The molecule has 1 aromatic carbocycles. The number of likely N-dealkylation sites (N-methyl/N-ethyl adjacent to an activating group) is 1. The lowest BCUT2D eigenvalue weighted by atomic mass is 10.0. The summed E-state index contributed by atoms with van der Waals surface area (Å²) < 4.78 is 2.26. The van der Waals surface area contributed by atoms with Crippen molar-refractivity contribution in [3.63, 3.8) is 0 Å². The standard InChI is InChI=1S/C21H22N4S/c1-3-24-20(19(23-21(24)26)17-10-4-5-12-22-17)18-11-7-13-25(18)16-9-6-8-15(2)14-16/h4-14,19-20H,3H2,1-2H3,(H,23,26)/t19-,20-/m0/s1. The van der Waals surface area contributed by atoms with Gasteiger partial charge < -0.3 is 14.8 Å². The van der Waals surface area contributed by atoms with Gasteiger partial charge in [-0.3, -0.25) is 4.98 Å². The summed E-state index contributed by atoms with van der Waals surface area (Å²) in [7, 11) is 0. The molecular weight excluding hydrogens is 340 g/mol. The van der Waals surface area contributed by atoms with Crippen molar-refractivity contribution in [2.75, 3.05) is 6.54 Å². The highest BCUT2D eigenvalue weighted by Gasteiger charge is 2.40. The molecule has 0 amide bonds. The summed E-state index contributed by atoms with van der Waals surface area (Å²) in [4.78, 5) is 6.83. The quantitative estimate of drug-likeness (QED) is 0.706. The molecule has 0 aliphatic carbocycles. The van der Waals surface area contributed by atoms with E-state index in [9.17, 15) is 0 Å². The minimum absolute atomic E-state index is 0.0297. The number of rotatable bonds is 4. The van der Waals surface area contributed by atoms with Crippen LogP contribution in [0.25, 0.3) is 5.69 Å². The van der Waals surface area contributed by atoms with Crippen LogP contribution >= 0.6 is 12.2 Å². The van der Waals surface area contributed by atoms with Crippen LogP contribution in [0.1, 0.15) is 36.0 Å². The molecule has 0 spiro atoms. The molecule has 2 aromatic heterocycles. The number of hydrogen-bond donors (Lipinski definition) is 1. The van der Waals surface area contributed by atoms with Gasteiger partial charge in [-0.15, -0.1) is 0 Å². The first-order valence-corrected chi connectivity index (χ1v) is 9.32. The second kappa shape index (κ2) is 6.92. The van der Waals surface area contributed by atoms with E-state index in [2.05, 4.69) is 82.3 Å². The van der Waals surface area contributed by atoms with E-state index in [0.29, 0.717) is 0 Å². The lowest BCUT2D eigenvalue weighted by molar-refractivity contribution is 0.321. The van der Waals surface area contributed by atoms with Crippen molar-refractivity contribution in [3.8, 4) is 5.69 Å². The van der Waals surface area contributed by atoms with E-state index in [1.54, 1.807) is 0 Å². The molecule has 3 aromatic rings. The third kappa shape index (κ3) is 2.88. The van der Waals surface area contributed by atoms with Gasteiger partial charge >= 0.3 is 0 Å². The molecule has 26 heavy (non-hydrogen) atoms. The number of aryl methyl sites for hydroxylation is 1. The van der Waals surface area contributed by atoms with Crippen molar-refractivity contribution in [1.29, 1.82) is 0 Å². The molecule has 0 radical (unpaired) electrons. The van der Waals surface area contributed by atoms with Crippen molar-refractivity contribution in [2.45, 2.75) is 25.9 Å². The van der Waals surface area contributed by atoms with Crippen LogP contribution < -0.4 is 5.32 Å². The molecule has 0 saturated carbocycles. The number of hydrogen-bond acceptors (Lipinski definition) is 2. The third-order valence-corrected chi connectivity index (χ3v) is 5.25. The number of benzene rings is 1. The zero-order valence-corrected chi connectivity index (χ0v) is 15.8. The second-order valence-electron chi connectivity index (χ2n) is 6.55. The molecule has 1 fully saturated rings. The highest BCUT2D eigenvalue weighted by molar-refractivity contribution is 7.80. The van der Waals surface area contributed by atoms with Gasteiger partial charge in [0.2, 0.25) is 0 Å².